The molecular formula is C23H28FN5O4. The smallest absolute Gasteiger partial charge is 0.270 e. The Morgan fingerprint density at radius 1 is 1.24 bits per heavy atom. The number of carbonyl (C=O) groups excluding carboxylic acids is 2. The number of halogens is 1. The minimum Gasteiger partial charge on any atom is -0.391 e. The van der Waals surface area contributed by atoms with Gasteiger partial charge in [0, 0.05) is 33.2 Å². The highest BCUT2D eigenvalue weighted by atomic mass is 19.1. The third-order valence-corrected chi connectivity index (χ3v) is 6.80. The number of anilines is 1. The van der Waals surface area contributed by atoms with Crippen molar-refractivity contribution in [1.82, 2.24) is 20.2 Å². The highest BCUT2D eigenvalue weighted by molar-refractivity contribution is 5.93. The molecule has 0 atom stereocenters. The second-order valence-corrected chi connectivity index (χ2v) is 8.89. The van der Waals surface area contributed by atoms with Gasteiger partial charge < -0.3 is 20.2 Å². The van der Waals surface area contributed by atoms with Crippen molar-refractivity contribution in [3.8, 4) is 0 Å². The quantitative estimate of drug-likeness (QED) is 0.619. The molecule has 2 fully saturated rings. The Balaban J connectivity index is 1.51. The van der Waals surface area contributed by atoms with Crippen molar-refractivity contribution in [2.45, 2.75) is 39.3 Å². The largest absolute Gasteiger partial charge is 0.391 e. The van der Waals surface area contributed by atoms with Gasteiger partial charge in [-0.2, -0.15) is 0 Å². The highest BCUT2D eigenvalue weighted by Crippen LogP contribution is 2.41. The Morgan fingerprint density at radius 2 is 1.94 bits per heavy atom. The number of hydrogen-bond acceptors (Lipinski definition) is 6. The second-order valence-electron chi connectivity index (χ2n) is 8.89. The van der Waals surface area contributed by atoms with Gasteiger partial charge in [0.15, 0.2) is 0 Å². The number of aryl methyl sites for hydroxylation is 1. The fourth-order valence-electron chi connectivity index (χ4n) is 4.66. The van der Waals surface area contributed by atoms with Gasteiger partial charge in [-0.3, -0.25) is 19.4 Å². The Bertz CT molecular complexity index is 1140. The fraction of sp³-hybridized carbons (Fsp3) is 0.478. The van der Waals surface area contributed by atoms with Crippen LogP contribution in [-0.4, -0.2) is 58.5 Å². The summed E-state index contributed by atoms with van der Waals surface area (Å²) in [6, 6.07) is 4.53. The van der Waals surface area contributed by atoms with Gasteiger partial charge in [-0.25, -0.2) is 9.37 Å². The number of piperidine rings is 1. The Labute approximate surface area is 190 Å². The number of rotatable bonds is 5. The number of aromatic amines is 1. The van der Waals surface area contributed by atoms with Crippen LogP contribution in [0.2, 0.25) is 0 Å². The van der Waals surface area contributed by atoms with E-state index in [1.54, 1.807) is 24.0 Å². The van der Waals surface area contributed by atoms with Crippen molar-refractivity contribution in [3.05, 3.63) is 56.8 Å². The first kappa shape index (κ1) is 22.9. The summed E-state index contributed by atoms with van der Waals surface area (Å²) in [4.78, 5) is 48.6. The SMILES string of the molecule is Cc1cc(CNC(=O)c2nc(N3CCC4(CCN(C)C4=O)CC3)[nH]c(=O)c2CO)ccc1F. The zero-order valence-electron chi connectivity index (χ0n) is 18.8. The molecule has 1 aromatic carbocycles. The molecule has 3 N–H and O–H groups in total. The van der Waals surface area contributed by atoms with Gasteiger partial charge in [-0.05, 0) is 43.4 Å². The van der Waals surface area contributed by atoms with E-state index in [2.05, 4.69) is 15.3 Å². The van der Waals surface area contributed by atoms with Crippen LogP contribution in [0.3, 0.4) is 0 Å². The van der Waals surface area contributed by atoms with Crippen LogP contribution in [0.4, 0.5) is 10.3 Å². The maximum absolute atomic E-state index is 13.5. The van der Waals surface area contributed by atoms with Crippen LogP contribution in [-0.2, 0) is 17.9 Å². The number of likely N-dealkylation sites (tertiary alicyclic amines) is 1. The van der Waals surface area contributed by atoms with Gasteiger partial charge in [0.2, 0.25) is 11.9 Å². The normalized spacial score (nSPS) is 17.6. The molecule has 0 bridgehead atoms. The number of benzene rings is 1. The lowest BCUT2D eigenvalue weighted by molar-refractivity contribution is -0.135. The van der Waals surface area contributed by atoms with E-state index in [4.69, 9.17) is 0 Å². The molecular weight excluding hydrogens is 429 g/mol. The summed E-state index contributed by atoms with van der Waals surface area (Å²) in [5, 5.41) is 12.3. The predicted octanol–water partition coefficient (Wildman–Crippen LogP) is 1.09. The lowest BCUT2D eigenvalue weighted by Crippen LogP contribution is -2.45. The number of nitrogens with zero attached hydrogens (tertiary/aromatic N) is 3. The van der Waals surface area contributed by atoms with E-state index in [0.29, 0.717) is 37.1 Å². The zero-order valence-corrected chi connectivity index (χ0v) is 18.8. The molecule has 3 heterocycles. The molecule has 1 spiro atoms. The molecule has 4 rings (SSSR count). The number of nitrogens with one attached hydrogen (secondary N) is 2. The van der Waals surface area contributed by atoms with Gasteiger partial charge >= 0.3 is 0 Å². The van der Waals surface area contributed by atoms with Gasteiger partial charge in [0.05, 0.1) is 17.6 Å². The average molecular weight is 458 g/mol. The molecule has 0 aliphatic carbocycles. The Hall–Kier alpha value is -3.27. The summed E-state index contributed by atoms with van der Waals surface area (Å²) in [7, 11) is 1.81. The first-order valence-corrected chi connectivity index (χ1v) is 11.0. The number of hydrogen-bond donors (Lipinski definition) is 3. The molecule has 1 aromatic heterocycles. The van der Waals surface area contributed by atoms with Crippen LogP contribution in [0.15, 0.2) is 23.0 Å². The van der Waals surface area contributed by atoms with Crippen LogP contribution in [0, 0.1) is 18.2 Å². The second kappa shape index (κ2) is 8.93. The van der Waals surface area contributed by atoms with Crippen molar-refractivity contribution in [3.63, 3.8) is 0 Å². The third-order valence-electron chi connectivity index (χ3n) is 6.80. The van der Waals surface area contributed by atoms with Crippen molar-refractivity contribution in [2.24, 2.45) is 5.41 Å². The van der Waals surface area contributed by atoms with E-state index in [9.17, 15) is 23.9 Å². The molecule has 9 nitrogen and oxygen atoms in total. The molecule has 33 heavy (non-hydrogen) atoms. The lowest BCUT2D eigenvalue weighted by atomic mass is 9.77. The molecule has 2 aromatic rings. The maximum Gasteiger partial charge on any atom is 0.270 e. The summed E-state index contributed by atoms with van der Waals surface area (Å²) >= 11 is 0. The monoisotopic (exact) mass is 457 g/mol. The highest BCUT2D eigenvalue weighted by Gasteiger charge is 2.47. The van der Waals surface area contributed by atoms with E-state index >= 15 is 0 Å². The summed E-state index contributed by atoms with van der Waals surface area (Å²) in [6.45, 7) is 2.92. The molecule has 0 unspecified atom stereocenters. The van der Waals surface area contributed by atoms with Crippen molar-refractivity contribution < 1.29 is 19.1 Å². The fourth-order valence-corrected chi connectivity index (χ4v) is 4.66. The Morgan fingerprint density at radius 3 is 2.55 bits per heavy atom. The maximum atomic E-state index is 13.5. The number of aliphatic hydroxyl groups is 1. The zero-order chi connectivity index (χ0) is 23.8. The van der Waals surface area contributed by atoms with Crippen molar-refractivity contribution in [1.29, 1.82) is 0 Å². The number of carbonyl (C=O) groups is 2. The molecule has 2 amide bonds. The van der Waals surface area contributed by atoms with Crippen LogP contribution < -0.4 is 15.8 Å². The summed E-state index contributed by atoms with van der Waals surface area (Å²) in [5.74, 6) is -0.527. The molecule has 176 valence electrons. The van der Waals surface area contributed by atoms with Crippen LogP contribution in [0.1, 0.15) is 46.4 Å². The van der Waals surface area contributed by atoms with Gasteiger partial charge in [-0.15, -0.1) is 0 Å². The minimum absolute atomic E-state index is 0.118. The van der Waals surface area contributed by atoms with E-state index in [-0.39, 0.29) is 40.9 Å². The lowest BCUT2D eigenvalue weighted by Gasteiger charge is -2.38. The van der Waals surface area contributed by atoms with E-state index in [1.165, 1.54) is 6.07 Å². The van der Waals surface area contributed by atoms with Crippen molar-refractivity contribution >= 4 is 17.8 Å². The van der Waals surface area contributed by atoms with E-state index in [0.717, 1.165) is 13.0 Å². The van der Waals surface area contributed by atoms with Crippen LogP contribution >= 0.6 is 0 Å². The number of H-pyrrole nitrogens is 1. The van der Waals surface area contributed by atoms with Crippen LogP contribution in [0.25, 0.3) is 0 Å². The standard InChI is InChI=1S/C23H28FN5O4/c1-14-11-15(3-4-17(14)24)12-25-20(32)18-16(13-30)19(31)27-22(26-18)29-9-6-23(7-10-29)5-8-28(2)21(23)33/h3-4,11,30H,5-10,12-13H2,1-2H3,(H,25,32)(H,26,27,31). The third kappa shape index (κ3) is 4.35. The average Bonchev–Trinajstić information content (AvgIpc) is 3.08. The minimum atomic E-state index is -0.634. The Kier molecular flexibility index (Phi) is 6.20. The predicted molar refractivity (Wildman–Crippen MR) is 119 cm³/mol. The van der Waals surface area contributed by atoms with Gasteiger partial charge in [0.25, 0.3) is 11.5 Å². The summed E-state index contributed by atoms with van der Waals surface area (Å²) in [5.41, 5.74) is -0.0409. The topological polar surface area (TPSA) is 119 Å². The number of aliphatic hydroxyl groups excluding tert-OH is 1. The molecule has 0 radical (unpaired) electrons. The molecule has 2 saturated heterocycles. The molecule has 0 saturated carbocycles. The molecule has 2 aliphatic rings. The molecule has 2 aliphatic heterocycles. The van der Waals surface area contributed by atoms with Crippen molar-refractivity contribution in [2.75, 3.05) is 31.6 Å². The summed E-state index contributed by atoms with van der Waals surface area (Å²) in [6.07, 6.45) is 2.11. The first-order valence-electron chi connectivity index (χ1n) is 11.0. The first-order chi connectivity index (χ1) is 15.7. The number of aromatic nitrogens is 2. The molecule has 10 heteroatoms. The van der Waals surface area contributed by atoms with Crippen LogP contribution in [0.5, 0.6) is 0 Å². The van der Waals surface area contributed by atoms with E-state index in [1.807, 2.05) is 11.9 Å². The number of amides is 2. The van der Waals surface area contributed by atoms with Gasteiger partial charge in [-0.1, -0.05) is 12.1 Å². The van der Waals surface area contributed by atoms with E-state index < -0.39 is 18.1 Å². The van der Waals surface area contributed by atoms with Gasteiger partial charge in [0.1, 0.15) is 11.5 Å². The summed E-state index contributed by atoms with van der Waals surface area (Å²) < 4.78 is 13.5.